The Morgan fingerprint density at radius 1 is 1.28 bits per heavy atom. The molecule has 0 bridgehead atoms. The van der Waals surface area contributed by atoms with Crippen molar-refractivity contribution in [1.29, 1.82) is 0 Å². The van der Waals surface area contributed by atoms with Gasteiger partial charge in [0.2, 0.25) is 5.91 Å². The first kappa shape index (κ1) is 16.1. The van der Waals surface area contributed by atoms with Crippen LogP contribution in [0.5, 0.6) is 0 Å². The quantitative estimate of drug-likeness (QED) is 0.859. The van der Waals surface area contributed by atoms with Gasteiger partial charge in [0.05, 0.1) is 18.9 Å². The summed E-state index contributed by atoms with van der Waals surface area (Å²) in [7, 11) is 0. The third-order valence-corrected chi connectivity index (χ3v) is 4.88. The molecule has 3 aliphatic rings. The number of pyridine rings is 1. The lowest BCUT2D eigenvalue weighted by Gasteiger charge is -2.28. The number of hydrogen-bond donors (Lipinski definition) is 2. The van der Waals surface area contributed by atoms with Crippen molar-refractivity contribution >= 4 is 17.3 Å². The Bertz CT molecular complexity index is 717. The van der Waals surface area contributed by atoms with Crippen LogP contribution in [0.2, 0.25) is 0 Å². The number of ether oxygens (including phenoxy) is 1. The van der Waals surface area contributed by atoms with Crippen molar-refractivity contribution in [2.75, 3.05) is 31.2 Å². The number of anilines is 1. The molecule has 0 spiro atoms. The molecule has 0 saturated carbocycles. The Kier molecular flexibility index (Phi) is 4.44. The summed E-state index contributed by atoms with van der Waals surface area (Å²) in [5.41, 5.74) is 4.27. The predicted octanol–water partition coefficient (Wildman–Crippen LogP) is 1.80. The van der Waals surface area contributed by atoms with Gasteiger partial charge >= 0.3 is 0 Å². The number of allylic oxidation sites excluding steroid dienone is 3. The number of morpholine rings is 1. The van der Waals surface area contributed by atoms with Gasteiger partial charge in [-0.3, -0.25) is 4.79 Å². The molecule has 6 nitrogen and oxygen atoms in total. The molecule has 1 amide bonds. The summed E-state index contributed by atoms with van der Waals surface area (Å²) in [5.74, 6) is 1.08. The van der Waals surface area contributed by atoms with E-state index in [4.69, 9.17) is 4.74 Å². The molecule has 2 N–H and O–H groups in total. The Morgan fingerprint density at radius 2 is 2.12 bits per heavy atom. The van der Waals surface area contributed by atoms with E-state index >= 15 is 0 Å². The molecule has 132 valence electrons. The second-order valence-corrected chi connectivity index (χ2v) is 6.81. The maximum atomic E-state index is 12.0. The highest BCUT2D eigenvalue weighted by Crippen LogP contribution is 2.32. The maximum absolute atomic E-state index is 12.0. The van der Waals surface area contributed by atoms with Crippen LogP contribution >= 0.6 is 0 Å². The predicted molar refractivity (Wildman–Crippen MR) is 96.9 cm³/mol. The fraction of sp³-hybridized carbons (Fsp3) is 0.474. The van der Waals surface area contributed by atoms with E-state index < -0.39 is 0 Å². The molecule has 4 rings (SSSR count). The number of aromatic nitrogens is 1. The molecule has 6 heteroatoms. The van der Waals surface area contributed by atoms with Crippen LogP contribution in [-0.4, -0.2) is 43.2 Å². The Hall–Kier alpha value is -2.34. The first-order valence-corrected chi connectivity index (χ1v) is 9.00. The molecule has 2 aliphatic heterocycles. The van der Waals surface area contributed by atoms with Crippen LogP contribution in [0.1, 0.15) is 31.7 Å². The van der Waals surface area contributed by atoms with Gasteiger partial charge in [0.1, 0.15) is 5.82 Å². The number of nitrogens with one attached hydrogen (secondary N) is 2. The topological polar surface area (TPSA) is 66.5 Å². The highest BCUT2D eigenvalue weighted by atomic mass is 16.5. The van der Waals surface area contributed by atoms with E-state index in [-0.39, 0.29) is 11.9 Å². The van der Waals surface area contributed by atoms with Crippen molar-refractivity contribution in [3.63, 3.8) is 0 Å². The standard InChI is InChI=1S/C19H24N4O2/c1-13-11-18(24)22-16-4-2-3-15(19(16)21-13)14-5-6-17(20-12-14)23-7-9-25-10-8-23/h3,5-6,12-13,21H,2,4,7-11H2,1H3,(H,22,24)/t13-/m1/s1. The summed E-state index contributed by atoms with van der Waals surface area (Å²) >= 11 is 0. The third kappa shape index (κ3) is 3.39. The lowest BCUT2D eigenvalue weighted by molar-refractivity contribution is -0.120. The second kappa shape index (κ2) is 6.88. The molecule has 0 radical (unpaired) electrons. The number of carbonyl (C=O) groups is 1. The highest BCUT2D eigenvalue weighted by molar-refractivity contribution is 5.85. The summed E-state index contributed by atoms with van der Waals surface area (Å²) < 4.78 is 5.40. The average molecular weight is 340 g/mol. The highest BCUT2D eigenvalue weighted by Gasteiger charge is 2.25. The summed E-state index contributed by atoms with van der Waals surface area (Å²) in [6.45, 7) is 5.32. The minimum atomic E-state index is 0.0899. The van der Waals surface area contributed by atoms with Crippen LogP contribution in [0.15, 0.2) is 35.8 Å². The summed E-state index contributed by atoms with van der Waals surface area (Å²) in [4.78, 5) is 18.9. The van der Waals surface area contributed by atoms with E-state index in [1.165, 1.54) is 0 Å². The number of carbonyl (C=O) groups excluding carboxylic acids is 1. The van der Waals surface area contributed by atoms with E-state index in [9.17, 15) is 4.79 Å². The van der Waals surface area contributed by atoms with Crippen molar-refractivity contribution < 1.29 is 9.53 Å². The van der Waals surface area contributed by atoms with Gasteiger partial charge < -0.3 is 20.3 Å². The normalized spacial score (nSPS) is 24.0. The minimum Gasteiger partial charge on any atom is -0.380 e. The fourth-order valence-electron chi connectivity index (χ4n) is 3.62. The fourth-order valence-corrected chi connectivity index (χ4v) is 3.62. The van der Waals surface area contributed by atoms with Gasteiger partial charge in [-0.1, -0.05) is 6.08 Å². The van der Waals surface area contributed by atoms with Crippen molar-refractivity contribution in [2.24, 2.45) is 0 Å². The average Bonchev–Trinajstić information content (AvgIpc) is 2.78. The number of nitrogens with zero attached hydrogens (tertiary/aromatic N) is 2. The molecular formula is C19H24N4O2. The molecule has 0 aromatic carbocycles. The van der Waals surface area contributed by atoms with Gasteiger partial charge in [0.25, 0.3) is 0 Å². The van der Waals surface area contributed by atoms with Gasteiger partial charge in [-0.05, 0) is 31.9 Å². The van der Waals surface area contributed by atoms with Crippen molar-refractivity contribution in [1.82, 2.24) is 15.6 Å². The molecule has 25 heavy (non-hydrogen) atoms. The Morgan fingerprint density at radius 3 is 2.88 bits per heavy atom. The van der Waals surface area contributed by atoms with Crippen molar-refractivity contribution in [3.05, 3.63) is 41.4 Å². The lowest BCUT2D eigenvalue weighted by atomic mass is 9.95. The van der Waals surface area contributed by atoms with Gasteiger partial charge in [-0.25, -0.2) is 4.98 Å². The van der Waals surface area contributed by atoms with Gasteiger partial charge in [-0.2, -0.15) is 0 Å². The van der Waals surface area contributed by atoms with Gasteiger partial charge in [0, 0.05) is 48.6 Å². The third-order valence-electron chi connectivity index (χ3n) is 4.88. The minimum absolute atomic E-state index is 0.0899. The molecule has 1 aromatic heterocycles. The molecule has 1 saturated heterocycles. The first-order chi connectivity index (χ1) is 12.2. The SMILES string of the molecule is C[C@@H]1CC(=O)NC2=C(N1)C(c1ccc(N3CCOCC3)nc1)=CCC2. The number of amides is 1. The zero-order valence-corrected chi connectivity index (χ0v) is 14.5. The molecule has 1 aliphatic carbocycles. The van der Waals surface area contributed by atoms with E-state index in [1.54, 1.807) is 0 Å². The molecule has 1 atom stereocenters. The van der Waals surface area contributed by atoms with E-state index in [0.717, 1.165) is 67.5 Å². The van der Waals surface area contributed by atoms with E-state index in [2.05, 4.69) is 38.7 Å². The van der Waals surface area contributed by atoms with Crippen LogP contribution in [0.4, 0.5) is 5.82 Å². The van der Waals surface area contributed by atoms with Crippen LogP contribution < -0.4 is 15.5 Å². The van der Waals surface area contributed by atoms with Crippen LogP contribution in [0.3, 0.4) is 0 Å². The van der Waals surface area contributed by atoms with Crippen molar-refractivity contribution in [2.45, 2.75) is 32.2 Å². The first-order valence-electron chi connectivity index (χ1n) is 9.00. The Balaban J connectivity index is 1.60. The van der Waals surface area contributed by atoms with Gasteiger partial charge in [-0.15, -0.1) is 0 Å². The lowest BCUT2D eigenvalue weighted by Crippen LogP contribution is -2.36. The van der Waals surface area contributed by atoms with E-state index in [0.29, 0.717) is 6.42 Å². The molecule has 1 aromatic rings. The summed E-state index contributed by atoms with van der Waals surface area (Å²) in [6.07, 6.45) is 6.46. The van der Waals surface area contributed by atoms with Crippen molar-refractivity contribution in [3.8, 4) is 0 Å². The largest absolute Gasteiger partial charge is 0.380 e. The number of hydrogen-bond acceptors (Lipinski definition) is 5. The van der Waals surface area contributed by atoms with Crippen LogP contribution in [0.25, 0.3) is 5.57 Å². The zero-order valence-electron chi connectivity index (χ0n) is 14.5. The summed E-state index contributed by atoms with van der Waals surface area (Å²) in [6, 6.07) is 4.32. The second-order valence-electron chi connectivity index (χ2n) is 6.81. The van der Waals surface area contributed by atoms with E-state index in [1.807, 2.05) is 13.1 Å². The molecule has 1 fully saturated rings. The van der Waals surface area contributed by atoms with Gasteiger partial charge in [0.15, 0.2) is 0 Å². The number of rotatable bonds is 2. The van der Waals surface area contributed by atoms with Crippen LogP contribution in [-0.2, 0) is 9.53 Å². The van der Waals surface area contributed by atoms with Crippen LogP contribution in [0, 0.1) is 0 Å². The molecule has 3 heterocycles. The smallest absolute Gasteiger partial charge is 0.226 e. The Labute approximate surface area is 147 Å². The molecular weight excluding hydrogens is 316 g/mol. The monoisotopic (exact) mass is 340 g/mol. The maximum Gasteiger partial charge on any atom is 0.226 e. The summed E-state index contributed by atoms with van der Waals surface area (Å²) in [5, 5.41) is 6.58. The zero-order chi connectivity index (χ0) is 17.2. The molecule has 0 unspecified atom stereocenters.